The number of nitrogens with zero attached hydrogens (tertiary/aromatic N) is 3. The molecule has 0 radical (unpaired) electrons. The Balaban J connectivity index is 1.95. The summed E-state index contributed by atoms with van der Waals surface area (Å²) in [6.07, 6.45) is 2.05. The normalized spacial score (nSPS) is 14.4. The van der Waals surface area contributed by atoms with Crippen molar-refractivity contribution in [2.45, 2.75) is 25.8 Å². The number of carboxylic acid groups (broad SMARTS) is 1. The predicted molar refractivity (Wildman–Crippen MR) is 74.5 cm³/mol. The van der Waals surface area contributed by atoms with Crippen LogP contribution in [0.4, 0.5) is 4.39 Å². The smallest absolute Gasteiger partial charge is 0.311 e. The monoisotopic (exact) mass is 309 g/mol. The minimum atomic E-state index is -0.965. The second kappa shape index (κ2) is 5.44. The molecule has 0 spiro atoms. The number of carboxylic acids is 1. The van der Waals surface area contributed by atoms with Gasteiger partial charge in [-0.3, -0.25) is 4.79 Å². The molecule has 21 heavy (non-hydrogen) atoms. The molecule has 0 bridgehead atoms. The summed E-state index contributed by atoms with van der Waals surface area (Å²) in [5, 5.41) is 13.3. The zero-order chi connectivity index (χ0) is 15.0. The highest BCUT2D eigenvalue weighted by atomic mass is 35.5. The molecular formula is C14H13ClFN3O2. The molecule has 5 nitrogen and oxygen atoms in total. The third kappa shape index (κ3) is 3.21. The van der Waals surface area contributed by atoms with Gasteiger partial charge in [-0.2, -0.15) is 5.10 Å². The van der Waals surface area contributed by atoms with Gasteiger partial charge in [0, 0.05) is 12.1 Å². The van der Waals surface area contributed by atoms with Crippen molar-refractivity contribution in [2.75, 3.05) is 0 Å². The zero-order valence-electron chi connectivity index (χ0n) is 11.1. The maximum absolute atomic E-state index is 13.5. The van der Waals surface area contributed by atoms with Crippen molar-refractivity contribution >= 4 is 17.6 Å². The number of hydrogen-bond donors (Lipinski definition) is 1. The van der Waals surface area contributed by atoms with Gasteiger partial charge in [-0.05, 0) is 37.0 Å². The standard InChI is InChI=1S/C14H13ClFN3O2/c15-10-4-3-9(5-11(10)16)14-17-12(6-13(20)21)19(18-14)7-8-1-2-8/h3-5,8H,1-2,6-7H2,(H,20,21). The Morgan fingerprint density at radius 1 is 1.48 bits per heavy atom. The van der Waals surface area contributed by atoms with Gasteiger partial charge in [0.2, 0.25) is 0 Å². The van der Waals surface area contributed by atoms with Crippen LogP contribution >= 0.6 is 11.6 Å². The molecule has 1 saturated carbocycles. The third-order valence-corrected chi connectivity index (χ3v) is 3.67. The lowest BCUT2D eigenvalue weighted by atomic mass is 10.2. The lowest BCUT2D eigenvalue weighted by molar-refractivity contribution is -0.136. The van der Waals surface area contributed by atoms with Crippen LogP contribution in [-0.4, -0.2) is 25.8 Å². The van der Waals surface area contributed by atoms with Crippen molar-refractivity contribution in [3.8, 4) is 11.4 Å². The van der Waals surface area contributed by atoms with Crippen LogP contribution in [0.25, 0.3) is 11.4 Å². The fourth-order valence-corrected chi connectivity index (χ4v) is 2.21. The van der Waals surface area contributed by atoms with Crippen LogP contribution in [0, 0.1) is 11.7 Å². The predicted octanol–water partition coefficient (Wildman–Crippen LogP) is 2.77. The Hall–Kier alpha value is -1.95. The van der Waals surface area contributed by atoms with E-state index in [-0.39, 0.29) is 11.4 Å². The lowest BCUT2D eigenvalue weighted by Crippen LogP contribution is -2.11. The summed E-state index contributed by atoms with van der Waals surface area (Å²) in [4.78, 5) is 15.1. The van der Waals surface area contributed by atoms with Crippen molar-refractivity contribution in [1.29, 1.82) is 0 Å². The van der Waals surface area contributed by atoms with Gasteiger partial charge in [-0.1, -0.05) is 11.6 Å². The molecule has 0 amide bonds. The highest BCUT2D eigenvalue weighted by molar-refractivity contribution is 6.30. The Morgan fingerprint density at radius 3 is 2.86 bits per heavy atom. The quantitative estimate of drug-likeness (QED) is 0.922. The maximum Gasteiger partial charge on any atom is 0.311 e. The summed E-state index contributed by atoms with van der Waals surface area (Å²) in [5.74, 6) is -0.267. The van der Waals surface area contributed by atoms with E-state index in [4.69, 9.17) is 16.7 Å². The van der Waals surface area contributed by atoms with Gasteiger partial charge in [-0.25, -0.2) is 14.1 Å². The first-order valence-electron chi connectivity index (χ1n) is 6.64. The van der Waals surface area contributed by atoms with Crippen molar-refractivity contribution < 1.29 is 14.3 Å². The van der Waals surface area contributed by atoms with Crippen LogP contribution in [0.1, 0.15) is 18.7 Å². The highest BCUT2D eigenvalue weighted by Gasteiger charge is 2.25. The average Bonchev–Trinajstić information content (AvgIpc) is 3.15. The van der Waals surface area contributed by atoms with Crippen molar-refractivity contribution in [2.24, 2.45) is 5.92 Å². The van der Waals surface area contributed by atoms with Gasteiger partial charge in [0.05, 0.1) is 5.02 Å². The topological polar surface area (TPSA) is 68.0 Å². The number of hydrogen-bond acceptors (Lipinski definition) is 3. The minimum Gasteiger partial charge on any atom is -0.481 e. The van der Waals surface area contributed by atoms with Crippen LogP contribution in [0.2, 0.25) is 5.02 Å². The van der Waals surface area contributed by atoms with Gasteiger partial charge < -0.3 is 5.11 Å². The van der Waals surface area contributed by atoms with Gasteiger partial charge in [0.15, 0.2) is 5.82 Å². The van der Waals surface area contributed by atoms with Crippen LogP contribution < -0.4 is 0 Å². The molecule has 1 aromatic heterocycles. The summed E-state index contributed by atoms with van der Waals surface area (Å²) in [7, 11) is 0. The highest BCUT2D eigenvalue weighted by Crippen LogP contribution is 2.31. The molecule has 0 saturated heterocycles. The molecule has 0 atom stereocenters. The Labute approximate surface area is 125 Å². The number of aromatic nitrogens is 3. The molecule has 0 aliphatic heterocycles. The first-order valence-corrected chi connectivity index (χ1v) is 7.01. The Kier molecular flexibility index (Phi) is 3.63. The first kappa shape index (κ1) is 14.0. The van der Waals surface area contributed by atoms with Gasteiger partial charge in [-0.15, -0.1) is 0 Å². The second-order valence-corrected chi connectivity index (χ2v) is 5.58. The molecule has 0 unspecified atom stereocenters. The van der Waals surface area contributed by atoms with Crippen molar-refractivity contribution in [1.82, 2.24) is 14.8 Å². The Morgan fingerprint density at radius 2 is 2.24 bits per heavy atom. The van der Waals surface area contributed by atoms with Gasteiger partial charge in [0.1, 0.15) is 18.1 Å². The molecule has 1 aromatic carbocycles. The molecule has 1 aliphatic carbocycles. The molecule has 1 fully saturated rings. The first-order chi connectivity index (χ1) is 10.0. The molecule has 1 heterocycles. The van der Waals surface area contributed by atoms with Crippen LogP contribution in [0.3, 0.4) is 0 Å². The molecule has 3 rings (SSSR count). The number of carbonyl (C=O) groups is 1. The largest absolute Gasteiger partial charge is 0.481 e. The van der Waals surface area contributed by atoms with E-state index in [0.717, 1.165) is 12.8 Å². The molecule has 1 aliphatic rings. The molecule has 110 valence electrons. The Bertz CT molecular complexity index is 698. The molecule has 1 N–H and O–H groups in total. The summed E-state index contributed by atoms with van der Waals surface area (Å²) in [6.45, 7) is 0.658. The van der Waals surface area contributed by atoms with E-state index in [2.05, 4.69) is 10.1 Å². The average molecular weight is 310 g/mol. The second-order valence-electron chi connectivity index (χ2n) is 5.18. The fraction of sp³-hybridized carbons (Fsp3) is 0.357. The van der Waals surface area contributed by atoms with Crippen molar-refractivity contribution in [3.63, 3.8) is 0 Å². The zero-order valence-corrected chi connectivity index (χ0v) is 11.8. The number of aliphatic carboxylic acids is 1. The van der Waals surface area contributed by atoms with Crippen LogP contribution in [0.15, 0.2) is 18.2 Å². The fourth-order valence-electron chi connectivity index (χ4n) is 2.09. The van der Waals surface area contributed by atoms with E-state index < -0.39 is 11.8 Å². The number of rotatable bonds is 5. The van der Waals surface area contributed by atoms with E-state index in [1.165, 1.54) is 12.1 Å². The third-order valence-electron chi connectivity index (χ3n) is 3.36. The van der Waals surface area contributed by atoms with Gasteiger partial charge in [0.25, 0.3) is 0 Å². The van der Waals surface area contributed by atoms with E-state index in [1.807, 2.05) is 0 Å². The lowest BCUT2D eigenvalue weighted by Gasteiger charge is -2.01. The molecular weight excluding hydrogens is 297 g/mol. The SMILES string of the molecule is O=C(O)Cc1nc(-c2ccc(Cl)c(F)c2)nn1CC1CC1. The summed E-state index contributed by atoms with van der Waals surface area (Å²) >= 11 is 5.65. The summed E-state index contributed by atoms with van der Waals surface area (Å²) in [5.41, 5.74) is 0.484. The van der Waals surface area contributed by atoms with Gasteiger partial charge >= 0.3 is 5.97 Å². The van der Waals surface area contributed by atoms with E-state index in [9.17, 15) is 9.18 Å². The molecule has 2 aromatic rings. The summed E-state index contributed by atoms with van der Waals surface area (Å²) < 4.78 is 15.1. The summed E-state index contributed by atoms with van der Waals surface area (Å²) in [6, 6.07) is 4.31. The van der Waals surface area contributed by atoms with Crippen LogP contribution in [-0.2, 0) is 17.8 Å². The number of halogens is 2. The van der Waals surface area contributed by atoms with Crippen LogP contribution in [0.5, 0.6) is 0 Å². The maximum atomic E-state index is 13.5. The minimum absolute atomic E-state index is 0.0296. The van der Waals surface area contributed by atoms with E-state index in [1.54, 1.807) is 10.7 Å². The van der Waals surface area contributed by atoms with E-state index >= 15 is 0 Å². The molecule has 7 heteroatoms. The van der Waals surface area contributed by atoms with Crippen molar-refractivity contribution in [3.05, 3.63) is 34.9 Å². The number of benzene rings is 1. The van der Waals surface area contributed by atoms with E-state index in [0.29, 0.717) is 29.7 Å².